The van der Waals surface area contributed by atoms with E-state index in [0.29, 0.717) is 12.1 Å². The van der Waals surface area contributed by atoms with Gasteiger partial charge in [-0.25, -0.2) is 4.57 Å². The van der Waals surface area contributed by atoms with E-state index in [1.807, 2.05) is 0 Å². The summed E-state index contributed by atoms with van der Waals surface area (Å²) in [6, 6.07) is 9.00. The molecule has 2 fully saturated rings. The van der Waals surface area contributed by atoms with Crippen LogP contribution >= 0.6 is 7.82 Å². The highest BCUT2D eigenvalue weighted by Gasteiger charge is 2.14. The van der Waals surface area contributed by atoms with Crippen LogP contribution < -0.4 is 16.0 Å². The van der Waals surface area contributed by atoms with Crippen molar-refractivity contribution in [1.82, 2.24) is 0 Å². The maximum absolute atomic E-state index is 10.3. The molecule has 0 aromatic heterocycles. The second kappa shape index (κ2) is 12.4. The zero-order valence-corrected chi connectivity index (χ0v) is 15.8. The largest absolute Gasteiger partial charge is 0.524 e. The van der Waals surface area contributed by atoms with Crippen molar-refractivity contribution in [3.63, 3.8) is 0 Å². The fraction of sp³-hybridized carbons (Fsp3) is 0.667. The molecule has 7 heteroatoms. The Bertz CT molecular complexity index is 467. The molecule has 2 saturated carbocycles. The Kier molecular flexibility index (Phi) is 11.0. The van der Waals surface area contributed by atoms with Crippen LogP contribution in [0.1, 0.15) is 64.2 Å². The van der Waals surface area contributed by atoms with Gasteiger partial charge in [0, 0.05) is 12.1 Å². The zero-order chi connectivity index (χ0) is 18.5. The third-order valence-electron chi connectivity index (χ3n) is 4.27. The highest BCUT2D eigenvalue weighted by Crippen LogP contribution is 2.36. The third-order valence-corrected chi connectivity index (χ3v) is 4.72. The average Bonchev–Trinajstić information content (AvgIpc) is 2.57. The maximum atomic E-state index is 10.3. The number of nitrogens with two attached hydrogens (primary N) is 2. The quantitative estimate of drug-likeness (QED) is 0.460. The van der Waals surface area contributed by atoms with Crippen LogP contribution in [0.5, 0.6) is 5.75 Å². The molecule has 6 N–H and O–H groups in total. The Hall–Kier alpha value is -0.910. The van der Waals surface area contributed by atoms with Crippen LogP contribution in [0, 0.1) is 0 Å². The Morgan fingerprint density at radius 3 is 1.48 bits per heavy atom. The standard InChI is InChI=1S/2C6H13N.C6H7O4P/c2*7-6-4-2-1-3-5-6;7-11(8,9)10-6-4-2-1-3-5-6/h2*6H,1-5,7H2;1-5H,(H2,7,8,9)/i;;7+2,8+2,9+2. The normalized spacial score (nSPS) is 19.0. The van der Waals surface area contributed by atoms with Gasteiger partial charge in [-0.05, 0) is 37.8 Å². The minimum absolute atomic E-state index is 0.167. The van der Waals surface area contributed by atoms with E-state index < -0.39 is 7.82 Å². The molecule has 144 valence electrons. The number of rotatable bonds is 2. The monoisotopic (exact) mass is 378 g/mol. The van der Waals surface area contributed by atoms with Crippen LogP contribution in [0.4, 0.5) is 0 Å². The fourth-order valence-corrected chi connectivity index (χ4v) is 3.28. The maximum Gasteiger partial charge on any atom is 0.524 e. The van der Waals surface area contributed by atoms with Gasteiger partial charge < -0.3 is 16.0 Å². The number of hydrogen-bond donors (Lipinski definition) is 4. The first kappa shape index (κ1) is 22.1. The van der Waals surface area contributed by atoms with Gasteiger partial charge >= 0.3 is 7.82 Å². The van der Waals surface area contributed by atoms with Gasteiger partial charge in [0.2, 0.25) is 0 Å². The summed E-state index contributed by atoms with van der Waals surface area (Å²) in [5, 5.41) is 0. The van der Waals surface area contributed by atoms with Crippen molar-refractivity contribution in [1.29, 1.82) is 0 Å². The van der Waals surface area contributed by atoms with E-state index in [9.17, 15) is 4.57 Å². The Balaban J connectivity index is 0.000000195. The molecule has 0 saturated heterocycles. The van der Waals surface area contributed by atoms with Crippen LogP contribution in [0.2, 0.25) is 0 Å². The van der Waals surface area contributed by atoms with E-state index in [-0.39, 0.29) is 5.75 Å². The molecule has 0 amide bonds. The zero-order valence-electron chi connectivity index (χ0n) is 14.9. The molecule has 1 aromatic rings. The van der Waals surface area contributed by atoms with Gasteiger partial charge in [0.15, 0.2) is 0 Å². The van der Waals surface area contributed by atoms with Crippen LogP contribution in [0.3, 0.4) is 0 Å². The lowest BCUT2D eigenvalue weighted by molar-refractivity contribution is 0.283. The Morgan fingerprint density at radius 2 is 1.20 bits per heavy atom. The summed E-state index contributed by atoms with van der Waals surface area (Å²) in [4.78, 5) is 16.7. The van der Waals surface area contributed by atoms with Crippen LogP contribution in [0.15, 0.2) is 30.3 Å². The van der Waals surface area contributed by atoms with E-state index in [2.05, 4.69) is 4.52 Å². The molecule has 3 rings (SSSR count). The summed E-state index contributed by atoms with van der Waals surface area (Å²) < 4.78 is 14.5. The van der Waals surface area contributed by atoms with E-state index in [4.69, 9.17) is 21.3 Å². The highest BCUT2D eigenvalue weighted by molar-refractivity contribution is 7.46. The minimum Gasteiger partial charge on any atom is -0.404 e. The molecule has 2 aliphatic carbocycles. The molecule has 2 aliphatic rings. The van der Waals surface area contributed by atoms with Crippen molar-refractivity contribution in [2.24, 2.45) is 11.5 Å². The van der Waals surface area contributed by atoms with Crippen molar-refractivity contribution in [3.05, 3.63) is 30.3 Å². The first-order chi connectivity index (χ1) is 11.9. The fourth-order valence-electron chi connectivity index (χ4n) is 2.89. The van der Waals surface area contributed by atoms with Gasteiger partial charge in [0.25, 0.3) is 0 Å². The number of para-hydroxylation sites is 1. The molecule has 0 spiro atoms. The second-order valence-corrected chi connectivity index (χ2v) is 7.85. The lowest BCUT2D eigenvalue weighted by Crippen LogP contribution is -2.22. The van der Waals surface area contributed by atoms with Crippen molar-refractivity contribution in [2.75, 3.05) is 0 Å². The highest BCUT2D eigenvalue weighted by atomic mass is 31.2. The molecule has 0 aliphatic heterocycles. The van der Waals surface area contributed by atoms with Crippen molar-refractivity contribution in [2.45, 2.75) is 76.3 Å². The molecular formula is C18H33N2O4P. The predicted octanol–water partition coefficient (Wildman–Crippen LogP) is 3.71. The number of phosphoric acid groups is 1. The smallest absolute Gasteiger partial charge is 0.404 e. The van der Waals surface area contributed by atoms with Crippen molar-refractivity contribution >= 4 is 7.82 Å². The van der Waals surface area contributed by atoms with E-state index in [1.165, 1.54) is 76.3 Å². The summed E-state index contributed by atoms with van der Waals surface area (Å²) in [5.74, 6) is 0.167. The number of hydrogen-bond acceptors (Lipinski definition) is 4. The summed E-state index contributed by atoms with van der Waals surface area (Å²) in [6.07, 6.45) is 13.3. The van der Waals surface area contributed by atoms with Gasteiger partial charge in [0.05, 0.1) is 0 Å². The molecule has 6 nitrogen and oxygen atoms in total. The number of phosphoric ester groups is 1. The molecule has 0 unspecified atom stereocenters. The summed E-state index contributed by atoms with van der Waals surface area (Å²) in [7, 11) is -4.39. The van der Waals surface area contributed by atoms with Gasteiger partial charge in [-0.2, -0.15) is 0 Å². The second-order valence-electron chi connectivity index (χ2n) is 6.69. The van der Waals surface area contributed by atoms with E-state index in [0.717, 1.165) is 0 Å². The molecule has 0 bridgehead atoms. The topological polar surface area (TPSA) is 119 Å². The lowest BCUT2D eigenvalue weighted by Gasteiger charge is -2.15. The molecule has 1 aromatic carbocycles. The van der Waals surface area contributed by atoms with Crippen LogP contribution in [-0.4, -0.2) is 21.9 Å². The van der Waals surface area contributed by atoms with E-state index >= 15 is 0 Å². The van der Waals surface area contributed by atoms with Gasteiger partial charge in [-0.15, -0.1) is 0 Å². The number of benzene rings is 1. The summed E-state index contributed by atoms with van der Waals surface area (Å²) in [5.41, 5.74) is 11.3. The first-order valence-corrected chi connectivity index (χ1v) is 10.7. The minimum atomic E-state index is -4.39. The summed E-state index contributed by atoms with van der Waals surface area (Å²) in [6.45, 7) is 0. The molecule has 0 atom stereocenters. The lowest BCUT2D eigenvalue weighted by atomic mass is 9.97. The van der Waals surface area contributed by atoms with Crippen LogP contribution in [0.25, 0.3) is 0 Å². The predicted molar refractivity (Wildman–Crippen MR) is 101 cm³/mol. The first-order valence-electron chi connectivity index (χ1n) is 9.18. The van der Waals surface area contributed by atoms with Gasteiger partial charge in [-0.1, -0.05) is 56.7 Å². The summed E-state index contributed by atoms with van der Waals surface area (Å²) >= 11 is 0. The van der Waals surface area contributed by atoms with Gasteiger partial charge in [0.1, 0.15) is 5.75 Å². The average molecular weight is 378 g/mol. The van der Waals surface area contributed by atoms with Crippen molar-refractivity contribution < 1.29 is 18.9 Å². The van der Waals surface area contributed by atoms with Gasteiger partial charge in [-0.3, -0.25) is 9.79 Å². The van der Waals surface area contributed by atoms with Crippen LogP contribution in [-0.2, 0) is 4.57 Å². The molecule has 0 heterocycles. The Morgan fingerprint density at radius 1 is 0.800 bits per heavy atom. The SMILES string of the molecule is NC1CCCCC1.NC1CCCCC1.[18O]=P([18OH])([18OH])Oc1ccccc1. The molecular weight excluding hydrogens is 345 g/mol. The van der Waals surface area contributed by atoms with E-state index in [1.54, 1.807) is 18.2 Å². The molecule has 25 heavy (non-hydrogen) atoms. The Labute approximate surface area is 151 Å². The van der Waals surface area contributed by atoms with Crippen molar-refractivity contribution in [3.8, 4) is 5.75 Å². The molecule has 0 radical (unpaired) electrons. The third kappa shape index (κ3) is 13.0.